The van der Waals surface area contributed by atoms with Gasteiger partial charge in [0.1, 0.15) is 6.10 Å². The zero-order chi connectivity index (χ0) is 6.27. The molecular weight excluding hydrogens is 112 g/mol. The summed E-state index contributed by atoms with van der Waals surface area (Å²) in [4.78, 5) is 0. The van der Waals surface area contributed by atoms with Gasteiger partial charge in [0, 0.05) is 0 Å². The second-order valence-electron chi connectivity index (χ2n) is 2.35. The van der Waals surface area contributed by atoms with Crippen LogP contribution >= 0.6 is 0 Å². The molecule has 1 atom stereocenters. The van der Waals surface area contributed by atoms with Crippen molar-refractivity contribution in [2.75, 3.05) is 0 Å². The molecule has 46 valence electrons. The van der Waals surface area contributed by atoms with E-state index in [1.54, 1.807) is 0 Å². The summed E-state index contributed by atoms with van der Waals surface area (Å²) < 4.78 is 5.39. The van der Waals surface area contributed by atoms with Crippen LogP contribution in [0.1, 0.15) is 6.92 Å². The van der Waals surface area contributed by atoms with Crippen molar-refractivity contribution < 1.29 is 4.74 Å². The summed E-state index contributed by atoms with van der Waals surface area (Å²) >= 11 is 0. The molecule has 0 aromatic carbocycles. The molecule has 9 heavy (non-hydrogen) atoms. The molecule has 0 aromatic rings. The van der Waals surface area contributed by atoms with Gasteiger partial charge in [-0.15, -0.1) is 0 Å². The Bertz CT molecular complexity index is 218. The first-order valence-electron chi connectivity index (χ1n) is 3.09. The predicted molar refractivity (Wildman–Crippen MR) is 35.9 cm³/mol. The Labute approximate surface area is 54.3 Å². The Morgan fingerprint density at radius 3 is 3.22 bits per heavy atom. The van der Waals surface area contributed by atoms with Crippen LogP contribution in [0.15, 0.2) is 35.6 Å². The minimum Gasteiger partial charge on any atom is -0.486 e. The van der Waals surface area contributed by atoms with Gasteiger partial charge in [-0.1, -0.05) is 12.2 Å². The Kier molecular flexibility index (Phi) is 0.810. The predicted octanol–water partition coefficient (Wildman–Crippen LogP) is 1.79. The third kappa shape index (κ3) is 0.611. The van der Waals surface area contributed by atoms with E-state index in [1.807, 2.05) is 13.0 Å². The van der Waals surface area contributed by atoms with Crippen LogP contribution in [-0.4, -0.2) is 6.10 Å². The first kappa shape index (κ1) is 4.86. The van der Waals surface area contributed by atoms with Crippen LogP contribution in [0.2, 0.25) is 0 Å². The summed E-state index contributed by atoms with van der Waals surface area (Å²) in [7, 11) is 0. The molecule has 0 saturated carbocycles. The Balaban J connectivity index is 2.35. The molecule has 0 radical (unpaired) electrons. The highest BCUT2D eigenvalue weighted by Crippen LogP contribution is 2.26. The molecule has 0 bridgehead atoms. The van der Waals surface area contributed by atoms with Gasteiger partial charge < -0.3 is 4.74 Å². The quantitative estimate of drug-likeness (QED) is 0.473. The molecule has 1 aliphatic carbocycles. The smallest absolute Gasteiger partial charge is 0.142 e. The average molecular weight is 120 g/mol. The summed E-state index contributed by atoms with van der Waals surface area (Å²) in [5.41, 5.74) is 1.28. The number of hydrogen-bond acceptors (Lipinski definition) is 1. The van der Waals surface area contributed by atoms with Crippen molar-refractivity contribution in [3.63, 3.8) is 0 Å². The van der Waals surface area contributed by atoms with E-state index < -0.39 is 0 Å². The molecular formula is C8H8O. The minimum absolute atomic E-state index is 0.241. The summed E-state index contributed by atoms with van der Waals surface area (Å²) in [6, 6.07) is 0. The number of allylic oxidation sites excluding steroid dienone is 3. The molecule has 0 aromatic heterocycles. The monoisotopic (exact) mass is 120 g/mol. The second kappa shape index (κ2) is 1.50. The van der Waals surface area contributed by atoms with E-state index in [0.717, 1.165) is 5.76 Å². The van der Waals surface area contributed by atoms with Gasteiger partial charge >= 0.3 is 0 Å². The molecule has 0 amide bonds. The standard InChI is InChI=1S/C8H8O/c1-6-5-7-3-2-4-8(7)9-6/h2-5,8H,1H3. The normalized spacial score (nSPS) is 29.2. The SMILES string of the molecule is CC1=CC2=CC=CC2O1. The highest BCUT2D eigenvalue weighted by atomic mass is 16.5. The topological polar surface area (TPSA) is 9.23 Å². The maximum Gasteiger partial charge on any atom is 0.142 e. The number of ether oxygens (including phenoxy) is 1. The first-order chi connectivity index (χ1) is 4.36. The van der Waals surface area contributed by atoms with Crippen LogP contribution in [-0.2, 0) is 4.74 Å². The molecule has 1 unspecified atom stereocenters. The largest absolute Gasteiger partial charge is 0.486 e. The van der Waals surface area contributed by atoms with E-state index in [4.69, 9.17) is 4.74 Å². The lowest BCUT2D eigenvalue weighted by Gasteiger charge is -2.03. The Hall–Kier alpha value is -0.980. The maximum atomic E-state index is 5.39. The molecule has 1 heterocycles. The summed E-state index contributed by atoms with van der Waals surface area (Å²) in [6.45, 7) is 1.98. The Morgan fingerprint density at radius 1 is 1.56 bits per heavy atom. The molecule has 1 nitrogen and oxygen atoms in total. The van der Waals surface area contributed by atoms with E-state index in [9.17, 15) is 0 Å². The number of fused-ring (bicyclic) bond motifs is 1. The zero-order valence-electron chi connectivity index (χ0n) is 5.29. The van der Waals surface area contributed by atoms with Gasteiger partial charge in [-0.05, 0) is 24.6 Å². The van der Waals surface area contributed by atoms with Crippen molar-refractivity contribution in [2.24, 2.45) is 0 Å². The maximum absolute atomic E-state index is 5.39. The second-order valence-corrected chi connectivity index (χ2v) is 2.35. The lowest BCUT2D eigenvalue weighted by molar-refractivity contribution is 0.208. The van der Waals surface area contributed by atoms with Crippen LogP contribution in [0.4, 0.5) is 0 Å². The van der Waals surface area contributed by atoms with E-state index in [0.29, 0.717) is 0 Å². The van der Waals surface area contributed by atoms with Gasteiger partial charge in [-0.25, -0.2) is 0 Å². The lowest BCUT2D eigenvalue weighted by Crippen LogP contribution is -1.99. The van der Waals surface area contributed by atoms with E-state index >= 15 is 0 Å². The molecule has 0 fully saturated rings. The van der Waals surface area contributed by atoms with Crippen LogP contribution in [0.3, 0.4) is 0 Å². The van der Waals surface area contributed by atoms with Gasteiger partial charge in [0.15, 0.2) is 0 Å². The fourth-order valence-corrected chi connectivity index (χ4v) is 1.18. The third-order valence-corrected chi connectivity index (χ3v) is 1.59. The zero-order valence-corrected chi connectivity index (χ0v) is 5.29. The van der Waals surface area contributed by atoms with Crippen LogP contribution < -0.4 is 0 Å². The van der Waals surface area contributed by atoms with E-state index in [-0.39, 0.29) is 6.10 Å². The van der Waals surface area contributed by atoms with E-state index in [1.165, 1.54) is 5.57 Å². The van der Waals surface area contributed by atoms with Crippen molar-refractivity contribution in [2.45, 2.75) is 13.0 Å². The molecule has 1 aliphatic heterocycles. The fraction of sp³-hybridized carbons (Fsp3) is 0.250. The van der Waals surface area contributed by atoms with Crippen LogP contribution in [0.5, 0.6) is 0 Å². The third-order valence-electron chi connectivity index (χ3n) is 1.59. The van der Waals surface area contributed by atoms with Crippen molar-refractivity contribution in [3.05, 3.63) is 35.6 Å². The van der Waals surface area contributed by atoms with Gasteiger partial charge in [-0.3, -0.25) is 0 Å². The number of rotatable bonds is 0. The van der Waals surface area contributed by atoms with Gasteiger partial charge in [-0.2, -0.15) is 0 Å². The molecule has 0 N–H and O–H groups in total. The van der Waals surface area contributed by atoms with Gasteiger partial charge in [0.25, 0.3) is 0 Å². The van der Waals surface area contributed by atoms with Crippen molar-refractivity contribution in [1.82, 2.24) is 0 Å². The molecule has 2 aliphatic rings. The summed E-state index contributed by atoms with van der Waals surface area (Å²) in [6.07, 6.45) is 8.49. The highest BCUT2D eigenvalue weighted by Gasteiger charge is 2.19. The molecule has 2 rings (SSSR count). The van der Waals surface area contributed by atoms with Gasteiger partial charge in [0.2, 0.25) is 0 Å². The lowest BCUT2D eigenvalue weighted by atomic mass is 10.2. The summed E-state index contributed by atoms with van der Waals surface area (Å²) in [5.74, 6) is 1.02. The van der Waals surface area contributed by atoms with Crippen molar-refractivity contribution >= 4 is 0 Å². The van der Waals surface area contributed by atoms with Crippen molar-refractivity contribution in [1.29, 1.82) is 0 Å². The minimum atomic E-state index is 0.241. The van der Waals surface area contributed by atoms with Crippen molar-refractivity contribution in [3.8, 4) is 0 Å². The highest BCUT2D eigenvalue weighted by molar-refractivity contribution is 5.41. The fourth-order valence-electron chi connectivity index (χ4n) is 1.18. The molecule has 0 spiro atoms. The Morgan fingerprint density at radius 2 is 2.44 bits per heavy atom. The van der Waals surface area contributed by atoms with Gasteiger partial charge in [0.05, 0.1) is 5.76 Å². The molecule has 1 heteroatoms. The first-order valence-corrected chi connectivity index (χ1v) is 3.09. The number of hydrogen-bond donors (Lipinski definition) is 0. The average Bonchev–Trinajstić information content (AvgIpc) is 2.22. The van der Waals surface area contributed by atoms with E-state index in [2.05, 4.69) is 18.2 Å². The van der Waals surface area contributed by atoms with Crippen LogP contribution in [0, 0.1) is 0 Å². The van der Waals surface area contributed by atoms with Crippen LogP contribution in [0.25, 0.3) is 0 Å². The molecule has 0 saturated heterocycles. The summed E-state index contributed by atoms with van der Waals surface area (Å²) in [5, 5.41) is 0.